The average molecular weight is 390 g/mol. The van der Waals surface area contributed by atoms with Gasteiger partial charge in [-0.3, -0.25) is 0 Å². The molecule has 0 radical (unpaired) electrons. The number of fused-ring (bicyclic) bond motifs is 2. The van der Waals surface area contributed by atoms with Gasteiger partial charge in [0.2, 0.25) is 0 Å². The highest BCUT2D eigenvalue weighted by Crippen LogP contribution is 2.29. The van der Waals surface area contributed by atoms with E-state index in [0.717, 1.165) is 16.8 Å². The average Bonchev–Trinajstić information content (AvgIpc) is 3.01. The number of ether oxygens (including phenoxy) is 2. The molecule has 0 atom stereocenters. The Morgan fingerprint density at radius 1 is 1.07 bits per heavy atom. The molecule has 2 aromatic carbocycles. The van der Waals surface area contributed by atoms with Crippen molar-refractivity contribution >= 4 is 34.0 Å². The van der Waals surface area contributed by atoms with Crippen LogP contribution in [0.4, 0.5) is 5.82 Å². The number of rotatable bonds is 6. The van der Waals surface area contributed by atoms with Crippen molar-refractivity contribution in [3.8, 4) is 5.75 Å². The summed E-state index contributed by atoms with van der Waals surface area (Å²) >= 11 is 0. The van der Waals surface area contributed by atoms with E-state index < -0.39 is 5.97 Å². The number of aromatic nitrogens is 3. The number of para-hydroxylation sites is 3. The zero-order chi connectivity index (χ0) is 20.4. The van der Waals surface area contributed by atoms with Crippen LogP contribution in [0, 0.1) is 0 Å². The third kappa shape index (κ3) is 3.35. The zero-order valence-corrected chi connectivity index (χ0v) is 16.4. The van der Waals surface area contributed by atoms with E-state index in [2.05, 4.69) is 4.98 Å². The number of benzene rings is 2. The molecule has 0 aliphatic heterocycles. The fourth-order valence-electron chi connectivity index (χ4n) is 3.49. The number of nitrogens with two attached hydrogens (primary N) is 1. The molecule has 7 nitrogen and oxygen atoms in total. The van der Waals surface area contributed by atoms with Crippen molar-refractivity contribution in [3.63, 3.8) is 0 Å². The van der Waals surface area contributed by atoms with Gasteiger partial charge in [0.1, 0.15) is 22.6 Å². The van der Waals surface area contributed by atoms with Crippen LogP contribution in [0.1, 0.15) is 22.8 Å². The van der Waals surface area contributed by atoms with E-state index in [9.17, 15) is 4.79 Å². The molecule has 148 valence electrons. The summed E-state index contributed by atoms with van der Waals surface area (Å²) in [6, 6.07) is 15.4. The molecule has 2 N–H and O–H groups in total. The number of hydrogen-bond acceptors (Lipinski definition) is 6. The molecular formula is C22H22N4O3. The molecule has 0 saturated carbocycles. The van der Waals surface area contributed by atoms with Crippen molar-refractivity contribution in [1.29, 1.82) is 0 Å². The number of nitrogen functional groups attached to an aromatic ring is 1. The Morgan fingerprint density at radius 2 is 1.76 bits per heavy atom. The zero-order valence-electron chi connectivity index (χ0n) is 16.4. The number of carbonyl (C=O) groups is 1. The molecule has 2 heterocycles. The second kappa shape index (κ2) is 7.79. The van der Waals surface area contributed by atoms with Crippen LogP contribution in [-0.4, -0.2) is 34.2 Å². The second-order valence-corrected chi connectivity index (χ2v) is 6.58. The monoisotopic (exact) mass is 390 g/mol. The highest BCUT2D eigenvalue weighted by Gasteiger charge is 2.25. The van der Waals surface area contributed by atoms with Crippen molar-refractivity contribution in [2.75, 3.05) is 19.5 Å². The Balaban J connectivity index is 1.84. The first-order valence-electron chi connectivity index (χ1n) is 9.47. The normalized spacial score (nSPS) is 11.1. The third-order valence-corrected chi connectivity index (χ3v) is 4.87. The maximum Gasteiger partial charge on any atom is 0.344 e. The van der Waals surface area contributed by atoms with Crippen molar-refractivity contribution in [3.05, 3.63) is 59.7 Å². The molecule has 0 spiro atoms. The van der Waals surface area contributed by atoms with Crippen LogP contribution in [0.25, 0.3) is 22.2 Å². The predicted octanol–water partition coefficient (Wildman–Crippen LogP) is 3.59. The van der Waals surface area contributed by atoms with Crippen LogP contribution >= 0.6 is 0 Å². The van der Waals surface area contributed by atoms with Crippen molar-refractivity contribution in [2.45, 2.75) is 19.9 Å². The molecule has 4 rings (SSSR count). The Bertz CT molecular complexity index is 1200. The quantitative estimate of drug-likeness (QED) is 0.506. The van der Waals surface area contributed by atoms with Crippen molar-refractivity contribution in [1.82, 2.24) is 14.5 Å². The van der Waals surface area contributed by atoms with Gasteiger partial charge in [-0.2, -0.15) is 0 Å². The maximum atomic E-state index is 12.6. The largest absolute Gasteiger partial charge is 0.496 e. The lowest BCUT2D eigenvalue weighted by Crippen LogP contribution is -2.11. The van der Waals surface area contributed by atoms with E-state index in [4.69, 9.17) is 20.2 Å². The number of aryl methyl sites for hydroxylation is 2. The van der Waals surface area contributed by atoms with Gasteiger partial charge in [0.25, 0.3) is 0 Å². The summed E-state index contributed by atoms with van der Waals surface area (Å²) in [6.07, 6.45) is 0.661. The van der Waals surface area contributed by atoms with Crippen LogP contribution in [0.2, 0.25) is 0 Å². The van der Waals surface area contributed by atoms with Gasteiger partial charge in [0.05, 0.1) is 24.8 Å². The standard InChI is InChI=1S/C22H22N4O3/c1-3-29-22(27)18-19-21(25-16-10-6-5-9-15(16)24-19)26(20(18)23)13-12-14-8-4-7-11-17(14)28-2/h4-11H,3,12-13,23H2,1-2H3. The topological polar surface area (TPSA) is 92.3 Å². The Labute approximate surface area is 168 Å². The molecule has 0 aliphatic carbocycles. The van der Waals surface area contributed by atoms with E-state index in [1.165, 1.54) is 0 Å². The number of esters is 1. The highest BCUT2D eigenvalue weighted by atomic mass is 16.5. The van der Waals surface area contributed by atoms with Gasteiger partial charge >= 0.3 is 5.97 Å². The van der Waals surface area contributed by atoms with E-state index in [0.29, 0.717) is 35.5 Å². The van der Waals surface area contributed by atoms with Gasteiger partial charge in [-0.05, 0) is 37.1 Å². The first-order chi connectivity index (χ1) is 14.1. The van der Waals surface area contributed by atoms with Gasteiger partial charge in [-0.25, -0.2) is 14.8 Å². The van der Waals surface area contributed by atoms with Crippen molar-refractivity contribution in [2.24, 2.45) is 0 Å². The minimum atomic E-state index is -0.490. The summed E-state index contributed by atoms with van der Waals surface area (Å²) in [5.41, 5.74) is 10.2. The fraction of sp³-hybridized carbons (Fsp3) is 0.227. The van der Waals surface area contributed by atoms with Crippen LogP contribution in [-0.2, 0) is 17.7 Å². The molecule has 0 aliphatic rings. The first-order valence-corrected chi connectivity index (χ1v) is 9.47. The van der Waals surface area contributed by atoms with E-state index in [-0.39, 0.29) is 12.2 Å². The van der Waals surface area contributed by atoms with Gasteiger partial charge < -0.3 is 19.8 Å². The molecule has 4 aromatic rings. The first kappa shape index (κ1) is 18.7. The van der Waals surface area contributed by atoms with Crippen LogP contribution in [0.3, 0.4) is 0 Å². The third-order valence-electron chi connectivity index (χ3n) is 4.87. The molecule has 2 aromatic heterocycles. The van der Waals surface area contributed by atoms with E-state index >= 15 is 0 Å². The molecule has 0 bridgehead atoms. The molecule has 0 amide bonds. The SMILES string of the molecule is CCOC(=O)c1c(N)n(CCc2ccccc2OC)c2nc3ccccc3nc12. The predicted molar refractivity (Wildman–Crippen MR) is 112 cm³/mol. The fourth-order valence-corrected chi connectivity index (χ4v) is 3.49. The molecular weight excluding hydrogens is 368 g/mol. The number of methoxy groups -OCH3 is 1. The molecule has 0 unspecified atom stereocenters. The van der Waals surface area contributed by atoms with Gasteiger partial charge in [0, 0.05) is 6.54 Å². The summed E-state index contributed by atoms with van der Waals surface area (Å²) in [6.45, 7) is 2.54. The lowest BCUT2D eigenvalue weighted by atomic mass is 10.1. The van der Waals surface area contributed by atoms with E-state index in [1.807, 2.05) is 53.1 Å². The Morgan fingerprint density at radius 3 is 2.48 bits per heavy atom. The van der Waals surface area contributed by atoms with Gasteiger partial charge in [-0.1, -0.05) is 30.3 Å². The summed E-state index contributed by atoms with van der Waals surface area (Å²) < 4.78 is 12.5. The van der Waals surface area contributed by atoms with Crippen molar-refractivity contribution < 1.29 is 14.3 Å². The molecule has 0 saturated heterocycles. The lowest BCUT2D eigenvalue weighted by Gasteiger charge is -2.11. The Kier molecular flexibility index (Phi) is 5.03. The minimum absolute atomic E-state index is 0.257. The van der Waals surface area contributed by atoms with Crippen LogP contribution in [0.15, 0.2) is 48.5 Å². The van der Waals surface area contributed by atoms with Crippen LogP contribution < -0.4 is 10.5 Å². The number of anilines is 1. The summed E-state index contributed by atoms with van der Waals surface area (Å²) in [5.74, 6) is 0.629. The molecule has 0 fully saturated rings. The van der Waals surface area contributed by atoms with Gasteiger partial charge in [0.15, 0.2) is 5.65 Å². The number of carbonyl (C=O) groups excluding carboxylic acids is 1. The number of hydrogen-bond donors (Lipinski definition) is 1. The smallest absolute Gasteiger partial charge is 0.344 e. The summed E-state index contributed by atoms with van der Waals surface area (Å²) in [4.78, 5) is 22.0. The second-order valence-electron chi connectivity index (χ2n) is 6.58. The minimum Gasteiger partial charge on any atom is -0.496 e. The summed E-state index contributed by atoms with van der Waals surface area (Å²) in [5, 5.41) is 0. The highest BCUT2D eigenvalue weighted by molar-refractivity contribution is 6.08. The Hall–Kier alpha value is -3.61. The van der Waals surface area contributed by atoms with Gasteiger partial charge in [-0.15, -0.1) is 0 Å². The molecule has 7 heteroatoms. The lowest BCUT2D eigenvalue weighted by molar-refractivity contribution is 0.0529. The summed E-state index contributed by atoms with van der Waals surface area (Å²) in [7, 11) is 1.65. The van der Waals surface area contributed by atoms with E-state index in [1.54, 1.807) is 14.0 Å². The van der Waals surface area contributed by atoms with Crippen LogP contribution in [0.5, 0.6) is 5.75 Å². The maximum absolute atomic E-state index is 12.6. The molecule has 29 heavy (non-hydrogen) atoms. The number of nitrogens with zero attached hydrogens (tertiary/aromatic N) is 3.